The fraction of sp³-hybridized carbons (Fsp3) is 0.364. The van der Waals surface area contributed by atoms with E-state index in [9.17, 15) is 0 Å². The Labute approximate surface area is 110 Å². The van der Waals surface area contributed by atoms with Gasteiger partial charge in [0.25, 0.3) is 0 Å². The summed E-state index contributed by atoms with van der Waals surface area (Å²) < 4.78 is 0. The second kappa shape index (κ2) is 7.05. The van der Waals surface area contributed by atoms with Gasteiger partial charge in [0.2, 0.25) is 0 Å². The van der Waals surface area contributed by atoms with Crippen LogP contribution >= 0.6 is 11.6 Å². The Balaban J connectivity index is 3.01. The van der Waals surface area contributed by atoms with Gasteiger partial charge in [-0.1, -0.05) is 16.8 Å². The molecule has 1 rings (SSSR count). The number of oxime groups is 1. The third-order valence-electron chi connectivity index (χ3n) is 2.44. The molecular formula is C11H16ClN3O3. The zero-order valence-corrected chi connectivity index (χ0v) is 10.5. The molecule has 100 valence electrons. The molecule has 6 nitrogen and oxygen atoms in total. The maximum absolute atomic E-state index is 8.95. The first-order chi connectivity index (χ1) is 8.63. The van der Waals surface area contributed by atoms with Gasteiger partial charge in [-0.15, -0.1) is 0 Å². The van der Waals surface area contributed by atoms with Crippen molar-refractivity contribution in [3.05, 3.63) is 28.8 Å². The van der Waals surface area contributed by atoms with E-state index in [1.807, 2.05) is 0 Å². The lowest BCUT2D eigenvalue weighted by atomic mass is 10.1. The van der Waals surface area contributed by atoms with E-state index in [1.165, 1.54) is 0 Å². The zero-order chi connectivity index (χ0) is 13.5. The highest BCUT2D eigenvalue weighted by Crippen LogP contribution is 2.23. The minimum atomic E-state index is -0.0672. The molecule has 0 aliphatic carbocycles. The maximum atomic E-state index is 8.95. The molecule has 1 aromatic rings. The largest absolute Gasteiger partial charge is 0.409 e. The van der Waals surface area contributed by atoms with Crippen LogP contribution in [-0.4, -0.2) is 47.6 Å². The number of nitrogens with two attached hydrogens (primary N) is 1. The molecule has 0 bridgehead atoms. The van der Waals surface area contributed by atoms with Crippen molar-refractivity contribution in [3.8, 4) is 0 Å². The van der Waals surface area contributed by atoms with Gasteiger partial charge in [0.05, 0.1) is 18.2 Å². The molecule has 18 heavy (non-hydrogen) atoms. The first-order valence-electron chi connectivity index (χ1n) is 5.38. The third kappa shape index (κ3) is 3.49. The molecule has 7 heteroatoms. The summed E-state index contributed by atoms with van der Waals surface area (Å²) >= 11 is 6.02. The smallest absolute Gasteiger partial charge is 0.171 e. The topological polar surface area (TPSA) is 102 Å². The predicted molar refractivity (Wildman–Crippen MR) is 70.3 cm³/mol. The van der Waals surface area contributed by atoms with Crippen molar-refractivity contribution in [2.45, 2.75) is 0 Å². The van der Waals surface area contributed by atoms with Gasteiger partial charge >= 0.3 is 0 Å². The standard InChI is InChI=1S/C11H16ClN3O3/c12-10-7-8(15(3-5-16)4-6-17)1-2-9(10)11(13)14-18/h1-2,7,16-18H,3-6H2,(H2,13,14). The van der Waals surface area contributed by atoms with Crippen molar-refractivity contribution in [1.82, 2.24) is 0 Å². The van der Waals surface area contributed by atoms with Gasteiger partial charge in [-0.25, -0.2) is 0 Å². The van der Waals surface area contributed by atoms with E-state index in [2.05, 4.69) is 5.16 Å². The van der Waals surface area contributed by atoms with E-state index >= 15 is 0 Å². The van der Waals surface area contributed by atoms with E-state index in [0.29, 0.717) is 23.7 Å². The van der Waals surface area contributed by atoms with E-state index < -0.39 is 0 Å². The fourth-order valence-electron chi connectivity index (χ4n) is 1.57. The lowest BCUT2D eigenvalue weighted by Gasteiger charge is -2.23. The number of aliphatic hydroxyl groups excluding tert-OH is 2. The molecule has 0 atom stereocenters. The predicted octanol–water partition coefficient (Wildman–Crippen LogP) is 0.226. The fourth-order valence-corrected chi connectivity index (χ4v) is 1.85. The lowest BCUT2D eigenvalue weighted by Crippen LogP contribution is -2.29. The molecule has 0 spiro atoms. The van der Waals surface area contributed by atoms with Crippen LogP contribution in [0.5, 0.6) is 0 Å². The molecule has 0 amide bonds. The van der Waals surface area contributed by atoms with E-state index in [-0.39, 0.29) is 19.0 Å². The Morgan fingerprint density at radius 2 is 1.89 bits per heavy atom. The quantitative estimate of drug-likeness (QED) is 0.257. The zero-order valence-electron chi connectivity index (χ0n) is 9.75. The summed E-state index contributed by atoms with van der Waals surface area (Å²) in [6.07, 6.45) is 0. The summed E-state index contributed by atoms with van der Waals surface area (Å²) in [4.78, 5) is 1.78. The monoisotopic (exact) mass is 273 g/mol. The van der Waals surface area contributed by atoms with Crippen LogP contribution < -0.4 is 10.6 Å². The van der Waals surface area contributed by atoms with E-state index in [4.69, 9.17) is 32.8 Å². The second-order valence-electron chi connectivity index (χ2n) is 3.58. The molecule has 0 unspecified atom stereocenters. The van der Waals surface area contributed by atoms with Gasteiger partial charge in [0, 0.05) is 24.3 Å². The summed E-state index contributed by atoms with van der Waals surface area (Å²) in [6, 6.07) is 4.99. The number of nitrogens with zero attached hydrogens (tertiary/aromatic N) is 2. The van der Waals surface area contributed by atoms with Gasteiger partial charge in [-0.05, 0) is 18.2 Å². The first-order valence-corrected chi connectivity index (χ1v) is 5.76. The van der Waals surface area contributed by atoms with Crippen molar-refractivity contribution in [1.29, 1.82) is 0 Å². The van der Waals surface area contributed by atoms with E-state index in [1.54, 1.807) is 23.1 Å². The van der Waals surface area contributed by atoms with E-state index in [0.717, 1.165) is 5.69 Å². The summed E-state index contributed by atoms with van der Waals surface area (Å²) in [5.41, 5.74) is 6.64. The van der Waals surface area contributed by atoms with Crippen LogP contribution in [0.15, 0.2) is 23.4 Å². The molecule has 1 aromatic carbocycles. The van der Waals surface area contributed by atoms with Crippen molar-refractivity contribution >= 4 is 23.1 Å². The molecular weight excluding hydrogens is 258 g/mol. The average Bonchev–Trinajstić information content (AvgIpc) is 2.37. The first kappa shape index (κ1) is 14.6. The normalized spacial score (nSPS) is 11.6. The number of halogens is 1. The number of amidine groups is 1. The molecule has 0 radical (unpaired) electrons. The van der Waals surface area contributed by atoms with Gasteiger partial charge in [0.15, 0.2) is 5.84 Å². The number of aliphatic hydroxyl groups is 2. The Morgan fingerprint density at radius 3 is 2.33 bits per heavy atom. The molecule has 5 N–H and O–H groups in total. The van der Waals surface area contributed by atoms with Crippen molar-refractivity contribution in [2.24, 2.45) is 10.9 Å². The van der Waals surface area contributed by atoms with Crippen molar-refractivity contribution in [3.63, 3.8) is 0 Å². The lowest BCUT2D eigenvalue weighted by molar-refractivity contribution is 0.281. The summed E-state index contributed by atoms with van der Waals surface area (Å²) in [7, 11) is 0. The molecule has 0 aliphatic heterocycles. The minimum Gasteiger partial charge on any atom is -0.409 e. The number of rotatable bonds is 6. The number of anilines is 1. The minimum absolute atomic E-state index is 0.0282. The van der Waals surface area contributed by atoms with Crippen LogP contribution in [0.1, 0.15) is 5.56 Å². The van der Waals surface area contributed by atoms with Gasteiger partial charge < -0.3 is 26.1 Å². The Hall–Kier alpha value is -1.50. The highest BCUT2D eigenvalue weighted by Gasteiger charge is 2.10. The molecule has 0 saturated heterocycles. The molecule has 0 aromatic heterocycles. The van der Waals surface area contributed by atoms with Gasteiger partial charge in [-0.2, -0.15) is 0 Å². The van der Waals surface area contributed by atoms with Crippen molar-refractivity contribution in [2.75, 3.05) is 31.2 Å². The number of benzene rings is 1. The molecule has 0 aliphatic rings. The van der Waals surface area contributed by atoms with Crippen molar-refractivity contribution < 1.29 is 15.4 Å². The van der Waals surface area contributed by atoms with Crippen LogP contribution in [0.2, 0.25) is 5.02 Å². The highest BCUT2D eigenvalue weighted by atomic mass is 35.5. The molecule has 0 saturated carbocycles. The highest BCUT2D eigenvalue weighted by molar-refractivity contribution is 6.34. The van der Waals surface area contributed by atoms with Gasteiger partial charge in [-0.3, -0.25) is 0 Å². The van der Waals surface area contributed by atoms with Crippen LogP contribution in [0, 0.1) is 0 Å². The second-order valence-corrected chi connectivity index (χ2v) is 3.99. The average molecular weight is 274 g/mol. The van der Waals surface area contributed by atoms with Gasteiger partial charge in [0.1, 0.15) is 0 Å². The number of hydrogen-bond donors (Lipinski definition) is 4. The Kier molecular flexibility index (Phi) is 5.70. The summed E-state index contributed by atoms with van der Waals surface area (Å²) in [5, 5.41) is 29.7. The Bertz CT molecular complexity index is 420. The molecule has 0 heterocycles. The van der Waals surface area contributed by atoms with Crippen LogP contribution in [0.25, 0.3) is 0 Å². The SMILES string of the molecule is NC(=NO)c1ccc(N(CCO)CCO)cc1Cl. The van der Waals surface area contributed by atoms with Crippen LogP contribution in [0.4, 0.5) is 5.69 Å². The molecule has 0 fully saturated rings. The summed E-state index contributed by atoms with van der Waals surface area (Å²) in [5.74, 6) is -0.0672. The number of hydrogen-bond acceptors (Lipinski definition) is 5. The van der Waals surface area contributed by atoms with Crippen LogP contribution in [0.3, 0.4) is 0 Å². The van der Waals surface area contributed by atoms with Crippen LogP contribution in [-0.2, 0) is 0 Å². The Morgan fingerprint density at radius 1 is 1.28 bits per heavy atom. The summed E-state index contributed by atoms with van der Waals surface area (Å²) in [6.45, 7) is 0.721. The maximum Gasteiger partial charge on any atom is 0.171 e. The third-order valence-corrected chi connectivity index (χ3v) is 2.75.